The predicted molar refractivity (Wildman–Crippen MR) is 140 cm³/mol. The van der Waals surface area contributed by atoms with Gasteiger partial charge in [0.15, 0.2) is 0 Å². The van der Waals surface area contributed by atoms with Gasteiger partial charge in [-0.2, -0.15) is 0 Å². The van der Waals surface area contributed by atoms with Crippen molar-refractivity contribution in [2.75, 3.05) is 16.8 Å². The lowest BCUT2D eigenvalue weighted by atomic mass is 9.90. The third kappa shape index (κ3) is 3.94. The smallest absolute Gasteiger partial charge is 0.276 e. The number of anilines is 2. The summed E-state index contributed by atoms with van der Waals surface area (Å²) in [7, 11) is 1.56. The summed E-state index contributed by atoms with van der Waals surface area (Å²) in [6.07, 6.45) is 4.01. The van der Waals surface area contributed by atoms with Crippen molar-refractivity contribution in [3.8, 4) is 11.1 Å². The third-order valence-corrected chi connectivity index (χ3v) is 7.87. The van der Waals surface area contributed by atoms with Gasteiger partial charge in [0, 0.05) is 49.4 Å². The van der Waals surface area contributed by atoms with Gasteiger partial charge in [-0.15, -0.1) is 0 Å². The second-order valence-corrected chi connectivity index (χ2v) is 11.4. The molecule has 0 aromatic carbocycles. The molecule has 10 heteroatoms. The Morgan fingerprint density at radius 3 is 2.71 bits per heavy atom. The molecule has 3 aliphatic rings. The van der Waals surface area contributed by atoms with Crippen LogP contribution in [0.4, 0.5) is 15.9 Å². The molecule has 2 N–H and O–H groups in total. The summed E-state index contributed by atoms with van der Waals surface area (Å²) < 4.78 is 16.8. The van der Waals surface area contributed by atoms with E-state index in [-0.39, 0.29) is 30.0 Å². The number of aliphatic hydroxyl groups excluding tert-OH is 1. The van der Waals surface area contributed by atoms with E-state index >= 15 is 0 Å². The number of carbonyl (C=O) groups is 2. The Morgan fingerprint density at radius 1 is 1.24 bits per heavy atom. The van der Waals surface area contributed by atoms with Crippen LogP contribution in [0.3, 0.4) is 0 Å². The molecule has 9 nitrogen and oxygen atoms in total. The monoisotopic (exact) mass is 519 g/mol. The molecule has 3 aromatic rings. The number of fused-ring (bicyclic) bond motifs is 3. The molecule has 0 radical (unpaired) electrons. The van der Waals surface area contributed by atoms with Gasteiger partial charge < -0.3 is 19.6 Å². The van der Waals surface area contributed by atoms with Crippen LogP contribution in [0.5, 0.6) is 0 Å². The second kappa shape index (κ2) is 8.62. The average Bonchev–Trinajstić information content (AvgIpc) is 3.41. The number of amides is 2. The van der Waals surface area contributed by atoms with Crippen molar-refractivity contribution in [1.29, 1.82) is 0 Å². The summed E-state index contributed by atoms with van der Waals surface area (Å²) in [6.45, 7) is 5.14. The molecule has 0 bridgehead atoms. The van der Waals surface area contributed by atoms with Crippen molar-refractivity contribution < 1.29 is 19.1 Å². The number of aryl methyl sites for hydroxylation is 1. The molecule has 1 aliphatic heterocycles. The lowest BCUT2D eigenvalue weighted by Crippen LogP contribution is -2.41. The van der Waals surface area contributed by atoms with E-state index in [1.807, 2.05) is 6.07 Å². The van der Waals surface area contributed by atoms with E-state index in [1.165, 1.54) is 21.9 Å². The van der Waals surface area contributed by atoms with Crippen LogP contribution in [0.25, 0.3) is 11.1 Å². The Kier molecular flexibility index (Phi) is 5.57. The van der Waals surface area contributed by atoms with Gasteiger partial charge >= 0.3 is 0 Å². The number of alkyl halides is 1. The molecule has 2 atom stereocenters. The van der Waals surface area contributed by atoms with Crippen molar-refractivity contribution >= 4 is 23.3 Å². The molecule has 2 aliphatic carbocycles. The number of nitrogens with one attached hydrogen (secondary N) is 1. The zero-order valence-corrected chi connectivity index (χ0v) is 21.6. The minimum absolute atomic E-state index is 0.0284. The van der Waals surface area contributed by atoms with Crippen molar-refractivity contribution in [3.05, 3.63) is 63.5 Å². The first-order valence-electron chi connectivity index (χ1n) is 12.9. The molecule has 3 aromatic heterocycles. The SMILES string of the molecule is Cn1cc(-c2ccnc(N3CCn4c(cc5c4CC(C)(C)C5)C3=O)c2CO)cc(NC(=O)C2CC2F)c1=O. The van der Waals surface area contributed by atoms with E-state index in [1.54, 1.807) is 30.4 Å². The summed E-state index contributed by atoms with van der Waals surface area (Å²) in [5.74, 6) is -1.07. The van der Waals surface area contributed by atoms with Gasteiger partial charge in [0.05, 0.1) is 12.5 Å². The highest BCUT2D eigenvalue weighted by molar-refractivity contribution is 6.06. The first-order valence-corrected chi connectivity index (χ1v) is 12.9. The summed E-state index contributed by atoms with van der Waals surface area (Å²) >= 11 is 0. The molecular weight excluding hydrogens is 489 g/mol. The van der Waals surface area contributed by atoms with E-state index in [9.17, 15) is 23.9 Å². The minimum atomic E-state index is -1.18. The van der Waals surface area contributed by atoms with Gasteiger partial charge in [0.2, 0.25) is 5.91 Å². The number of aliphatic hydroxyl groups is 1. The Hall–Kier alpha value is -3.79. The molecule has 38 heavy (non-hydrogen) atoms. The maximum atomic E-state index is 13.6. The fourth-order valence-electron chi connectivity index (χ4n) is 5.86. The highest BCUT2D eigenvalue weighted by atomic mass is 19.1. The van der Waals surface area contributed by atoms with Crippen LogP contribution in [0.1, 0.15) is 47.6 Å². The number of halogens is 1. The number of aromatic nitrogens is 3. The summed E-state index contributed by atoms with van der Waals surface area (Å²) in [6, 6.07) is 5.21. The van der Waals surface area contributed by atoms with Crippen molar-refractivity contribution in [1.82, 2.24) is 14.1 Å². The highest BCUT2D eigenvalue weighted by Gasteiger charge is 2.44. The van der Waals surface area contributed by atoms with Crippen LogP contribution in [0, 0.1) is 11.3 Å². The first kappa shape index (κ1) is 24.5. The van der Waals surface area contributed by atoms with Crippen molar-refractivity contribution in [2.24, 2.45) is 18.4 Å². The Labute approximate surface area is 218 Å². The van der Waals surface area contributed by atoms with Gasteiger partial charge in [-0.3, -0.25) is 19.3 Å². The maximum absolute atomic E-state index is 13.6. The third-order valence-electron chi connectivity index (χ3n) is 7.87. The number of nitrogens with zero attached hydrogens (tertiary/aromatic N) is 4. The van der Waals surface area contributed by atoms with Crippen LogP contribution < -0.4 is 15.8 Å². The molecule has 4 heterocycles. The number of carbonyl (C=O) groups excluding carboxylic acids is 2. The normalized spacial score (nSPS) is 21.3. The lowest BCUT2D eigenvalue weighted by Gasteiger charge is -2.31. The number of rotatable bonds is 5. The fraction of sp³-hybridized carbons (Fsp3) is 0.429. The summed E-state index contributed by atoms with van der Waals surface area (Å²) in [5.41, 5.74) is 4.44. The summed E-state index contributed by atoms with van der Waals surface area (Å²) in [5, 5.41) is 13.0. The van der Waals surface area contributed by atoms with E-state index in [0.29, 0.717) is 41.3 Å². The van der Waals surface area contributed by atoms with Gasteiger partial charge in [-0.25, -0.2) is 9.37 Å². The molecule has 6 rings (SSSR count). The quantitative estimate of drug-likeness (QED) is 0.539. The van der Waals surface area contributed by atoms with E-state index in [4.69, 9.17) is 0 Å². The first-order chi connectivity index (χ1) is 18.1. The van der Waals surface area contributed by atoms with E-state index in [2.05, 4.69) is 28.7 Å². The van der Waals surface area contributed by atoms with Crippen LogP contribution in [-0.2, 0) is 37.8 Å². The Morgan fingerprint density at radius 2 is 2.00 bits per heavy atom. The zero-order chi connectivity index (χ0) is 26.9. The van der Waals surface area contributed by atoms with Gasteiger partial charge in [0.25, 0.3) is 11.5 Å². The van der Waals surface area contributed by atoms with Crippen LogP contribution >= 0.6 is 0 Å². The number of hydrogen-bond acceptors (Lipinski definition) is 5. The molecule has 0 saturated heterocycles. The van der Waals surface area contributed by atoms with Crippen LogP contribution in [0.15, 0.2) is 35.4 Å². The Balaban J connectivity index is 1.36. The second-order valence-electron chi connectivity index (χ2n) is 11.4. The summed E-state index contributed by atoms with van der Waals surface area (Å²) in [4.78, 5) is 44.7. The predicted octanol–water partition coefficient (Wildman–Crippen LogP) is 2.82. The van der Waals surface area contributed by atoms with Crippen LogP contribution in [-0.4, -0.2) is 43.8 Å². The van der Waals surface area contributed by atoms with Crippen molar-refractivity contribution in [2.45, 2.75) is 52.4 Å². The maximum Gasteiger partial charge on any atom is 0.276 e. The van der Waals surface area contributed by atoms with Gasteiger partial charge in [-0.1, -0.05) is 13.8 Å². The molecule has 0 spiro atoms. The lowest BCUT2D eigenvalue weighted by molar-refractivity contribution is -0.117. The largest absolute Gasteiger partial charge is 0.392 e. The standard InChI is InChI=1S/C28H30FN5O4/c1-28(2)11-15-9-22-27(38)34(7-6-33(22)23(15)12-28)24-19(14-35)17(4-5-30-24)16-8-21(26(37)32(3)13-16)31-25(36)18-10-20(18)29/h4-5,8-9,13,18,20,35H,6-7,10-12,14H2,1-3H3,(H,31,36). The molecule has 1 saturated carbocycles. The number of pyridine rings is 2. The molecule has 2 unspecified atom stereocenters. The van der Waals surface area contributed by atoms with Gasteiger partial charge in [0.1, 0.15) is 23.4 Å². The fourth-order valence-corrected chi connectivity index (χ4v) is 5.86. The van der Waals surface area contributed by atoms with Gasteiger partial charge in [-0.05, 0) is 54.0 Å². The van der Waals surface area contributed by atoms with Crippen LogP contribution in [0.2, 0.25) is 0 Å². The molecule has 2 amide bonds. The Bertz CT molecular complexity index is 1560. The topological polar surface area (TPSA) is 109 Å². The minimum Gasteiger partial charge on any atom is -0.392 e. The number of hydrogen-bond donors (Lipinski definition) is 2. The zero-order valence-electron chi connectivity index (χ0n) is 21.6. The molecule has 198 valence electrons. The highest BCUT2D eigenvalue weighted by Crippen LogP contribution is 2.40. The van der Waals surface area contributed by atoms with E-state index in [0.717, 1.165) is 12.8 Å². The van der Waals surface area contributed by atoms with E-state index < -0.39 is 23.6 Å². The average molecular weight is 520 g/mol. The molecule has 1 fully saturated rings. The van der Waals surface area contributed by atoms with Crippen molar-refractivity contribution in [3.63, 3.8) is 0 Å². The molecular formula is C28H30FN5O4.